The minimum atomic E-state index is -4.69. The summed E-state index contributed by atoms with van der Waals surface area (Å²) in [6.45, 7) is 3.65. The zero-order valence-electron chi connectivity index (χ0n) is 12.4. The molecule has 1 amide bonds. The van der Waals surface area contributed by atoms with Crippen molar-refractivity contribution in [2.24, 2.45) is 0 Å². The van der Waals surface area contributed by atoms with Crippen LogP contribution in [0.2, 0.25) is 0 Å². The number of nitrogens with one attached hydrogen (secondary N) is 2. The second-order valence-corrected chi connectivity index (χ2v) is 5.29. The molecular weight excluding hydrogens is 313 g/mol. The molecule has 0 fully saturated rings. The highest BCUT2D eigenvalue weighted by atomic mass is 19.4. The number of fused-ring (bicyclic) bond motifs is 1. The van der Waals surface area contributed by atoms with Crippen LogP contribution < -0.4 is 5.32 Å². The third-order valence-corrected chi connectivity index (χ3v) is 3.63. The molecule has 2 aromatic rings. The lowest BCUT2D eigenvalue weighted by Gasteiger charge is -2.16. The summed E-state index contributed by atoms with van der Waals surface area (Å²) in [5.74, 6) is -2.60. The fourth-order valence-electron chi connectivity index (χ4n) is 2.34. The largest absolute Gasteiger partial charge is 0.480 e. The minimum absolute atomic E-state index is 0.104. The molecule has 0 radical (unpaired) electrons. The maximum absolute atomic E-state index is 12.4. The highest BCUT2D eigenvalue weighted by Gasteiger charge is 2.36. The molecule has 0 aliphatic carbocycles. The third-order valence-electron chi connectivity index (χ3n) is 3.63. The Morgan fingerprint density at radius 3 is 2.52 bits per heavy atom. The number of carbonyl (C=O) groups excluding carboxylic acids is 1. The highest BCUT2D eigenvalue weighted by molar-refractivity contribution is 6.07. The van der Waals surface area contributed by atoms with E-state index in [2.05, 4.69) is 4.98 Å². The zero-order chi connectivity index (χ0) is 17.4. The number of aromatic amines is 1. The van der Waals surface area contributed by atoms with E-state index in [0.29, 0.717) is 5.52 Å². The van der Waals surface area contributed by atoms with Gasteiger partial charge in [-0.3, -0.25) is 4.79 Å². The molecular formula is C15H15F3N2O3. The van der Waals surface area contributed by atoms with Gasteiger partial charge >= 0.3 is 12.1 Å². The number of H-pyrrole nitrogens is 1. The smallest absolute Gasteiger partial charge is 0.391 e. The molecule has 1 aromatic heterocycles. The monoisotopic (exact) mass is 328 g/mol. The van der Waals surface area contributed by atoms with Gasteiger partial charge in [0.2, 0.25) is 0 Å². The molecule has 1 atom stereocenters. The van der Waals surface area contributed by atoms with Crippen LogP contribution >= 0.6 is 0 Å². The number of carbonyl (C=O) groups is 2. The van der Waals surface area contributed by atoms with Gasteiger partial charge in [0.15, 0.2) is 0 Å². The number of rotatable bonds is 4. The number of aliphatic carboxylic acids is 1. The van der Waals surface area contributed by atoms with Crippen LogP contribution in [-0.4, -0.2) is 34.2 Å². The molecule has 2 rings (SSSR count). The Morgan fingerprint density at radius 1 is 1.30 bits per heavy atom. The standard InChI is InChI=1S/C15H15F3N2O3/c1-7-8(2)19-12-9(7)4-3-5-10(12)13(21)20-11(14(22)23)6-15(16,17)18/h3-5,11,19H,6H2,1-2H3,(H,20,21)(H,22,23). The molecule has 1 unspecified atom stereocenters. The van der Waals surface area contributed by atoms with E-state index < -0.39 is 30.5 Å². The van der Waals surface area contributed by atoms with Gasteiger partial charge in [-0.25, -0.2) is 4.79 Å². The van der Waals surface area contributed by atoms with Crippen LogP contribution in [0.5, 0.6) is 0 Å². The van der Waals surface area contributed by atoms with Gasteiger partial charge in [-0.1, -0.05) is 12.1 Å². The maximum atomic E-state index is 12.4. The van der Waals surface area contributed by atoms with E-state index in [0.717, 1.165) is 16.6 Å². The highest BCUT2D eigenvalue weighted by Crippen LogP contribution is 2.25. The van der Waals surface area contributed by atoms with Gasteiger partial charge in [-0.05, 0) is 25.5 Å². The molecule has 124 valence electrons. The first-order valence-electron chi connectivity index (χ1n) is 6.78. The molecule has 0 saturated carbocycles. The minimum Gasteiger partial charge on any atom is -0.480 e. The molecule has 0 bridgehead atoms. The molecule has 1 heterocycles. The van der Waals surface area contributed by atoms with E-state index in [-0.39, 0.29) is 5.56 Å². The van der Waals surface area contributed by atoms with E-state index >= 15 is 0 Å². The molecule has 23 heavy (non-hydrogen) atoms. The SMILES string of the molecule is Cc1[nH]c2c(C(=O)NC(CC(F)(F)F)C(=O)O)cccc2c1C. The Bertz CT molecular complexity index is 765. The van der Waals surface area contributed by atoms with Crippen molar-refractivity contribution < 1.29 is 27.9 Å². The lowest BCUT2D eigenvalue weighted by Crippen LogP contribution is -2.43. The van der Waals surface area contributed by atoms with Gasteiger partial charge < -0.3 is 15.4 Å². The maximum Gasteiger partial charge on any atom is 0.391 e. The first kappa shape index (κ1) is 16.9. The van der Waals surface area contributed by atoms with Crippen LogP contribution in [-0.2, 0) is 4.79 Å². The van der Waals surface area contributed by atoms with Crippen LogP contribution in [0.25, 0.3) is 10.9 Å². The van der Waals surface area contributed by atoms with E-state index in [1.165, 1.54) is 6.07 Å². The summed E-state index contributed by atoms with van der Waals surface area (Å²) in [5.41, 5.74) is 2.31. The van der Waals surface area contributed by atoms with Crippen LogP contribution in [0, 0.1) is 13.8 Å². The van der Waals surface area contributed by atoms with Gasteiger partial charge in [0, 0.05) is 11.1 Å². The molecule has 0 aliphatic rings. The Labute approximate surface area is 129 Å². The molecule has 0 aliphatic heterocycles. The molecule has 3 N–H and O–H groups in total. The number of aromatic nitrogens is 1. The predicted octanol–water partition coefficient (Wildman–Crippen LogP) is 2.92. The fraction of sp³-hybridized carbons (Fsp3) is 0.333. The lowest BCUT2D eigenvalue weighted by molar-refractivity contribution is -0.157. The van der Waals surface area contributed by atoms with Gasteiger partial charge in [0.05, 0.1) is 17.5 Å². The number of amides is 1. The Hall–Kier alpha value is -2.51. The van der Waals surface area contributed by atoms with Crippen molar-refractivity contribution in [3.05, 3.63) is 35.0 Å². The van der Waals surface area contributed by atoms with Crippen LogP contribution in [0.3, 0.4) is 0 Å². The summed E-state index contributed by atoms with van der Waals surface area (Å²) in [5, 5.41) is 11.6. The second kappa shape index (κ2) is 5.94. The number of hydrogen-bond donors (Lipinski definition) is 3. The van der Waals surface area contributed by atoms with Crippen molar-refractivity contribution in [1.82, 2.24) is 10.3 Å². The van der Waals surface area contributed by atoms with Gasteiger partial charge in [-0.15, -0.1) is 0 Å². The third kappa shape index (κ3) is 3.64. The van der Waals surface area contributed by atoms with E-state index in [1.807, 2.05) is 12.2 Å². The quantitative estimate of drug-likeness (QED) is 0.807. The summed E-state index contributed by atoms with van der Waals surface area (Å²) in [6.07, 6.45) is -6.32. The molecule has 5 nitrogen and oxygen atoms in total. The summed E-state index contributed by atoms with van der Waals surface area (Å²) in [7, 11) is 0. The lowest BCUT2D eigenvalue weighted by atomic mass is 10.1. The fourth-order valence-corrected chi connectivity index (χ4v) is 2.34. The number of para-hydroxylation sites is 1. The number of hydrogen-bond acceptors (Lipinski definition) is 2. The van der Waals surface area contributed by atoms with Crippen molar-refractivity contribution in [1.29, 1.82) is 0 Å². The average molecular weight is 328 g/mol. The first-order chi connectivity index (χ1) is 10.6. The van der Waals surface area contributed by atoms with Crippen molar-refractivity contribution >= 4 is 22.8 Å². The summed E-state index contributed by atoms with van der Waals surface area (Å²) in [4.78, 5) is 26.2. The molecule has 1 aromatic carbocycles. The average Bonchev–Trinajstić information content (AvgIpc) is 2.72. The van der Waals surface area contributed by atoms with Crippen LogP contribution in [0.1, 0.15) is 28.0 Å². The Balaban J connectivity index is 2.33. The molecule has 0 saturated heterocycles. The number of halogens is 3. The molecule has 0 spiro atoms. The topological polar surface area (TPSA) is 82.2 Å². The van der Waals surface area contributed by atoms with Gasteiger partial charge in [0.25, 0.3) is 5.91 Å². The first-order valence-corrected chi connectivity index (χ1v) is 6.78. The van der Waals surface area contributed by atoms with Gasteiger partial charge in [0.1, 0.15) is 6.04 Å². The zero-order valence-corrected chi connectivity index (χ0v) is 12.4. The van der Waals surface area contributed by atoms with Crippen LogP contribution in [0.4, 0.5) is 13.2 Å². The van der Waals surface area contributed by atoms with Crippen molar-refractivity contribution in [3.63, 3.8) is 0 Å². The van der Waals surface area contributed by atoms with Crippen molar-refractivity contribution in [2.45, 2.75) is 32.5 Å². The van der Waals surface area contributed by atoms with Crippen LogP contribution in [0.15, 0.2) is 18.2 Å². The predicted molar refractivity (Wildman–Crippen MR) is 77.3 cm³/mol. The normalized spacial score (nSPS) is 13.1. The van der Waals surface area contributed by atoms with E-state index in [9.17, 15) is 22.8 Å². The Kier molecular flexibility index (Phi) is 4.35. The Morgan fingerprint density at radius 2 is 1.96 bits per heavy atom. The van der Waals surface area contributed by atoms with Crippen molar-refractivity contribution in [2.75, 3.05) is 0 Å². The number of alkyl halides is 3. The number of benzene rings is 1. The van der Waals surface area contributed by atoms with E-state index in [1.54, 1.807) is 19.1 Å². The van der Waals surface area contributed by atoms with E-state index in [4.69, 9.17) is 5.11 Å². The molecule has 8 heteroatoms. The summed E-state index contributed by atoms with van der Waals surface area (Å²) >= 11 is 0. The summed E-state index contributed by atoms with van der Waals surface area (Å²) < 4.78 is 37.2. The van der Waals surface area contributed by atoms with Gasteiger partial charge in [-0.2, -0.15) is 13.2 Å². The van der Waals surface area contributed by atoms with Crippen molar-refractivity contribution in [3.8, 4) is 0 Å². The second-order valence-electron chi connectivity index (χ2n) is 5.29. The number of carboxylic acids is 1. The summed E-state index contributed by atoms with van der Waals surface area (Å²) in [6, 6.07) is 2.77. The number of aryl methyl sites for hydroxylation is 2. The number of carboxylic acid groups (broad SMARTS) is 1.